The monoisotopic (exact) mass is 326 g/mol. The maximum Gasteiger partial charge on any atom is 0.306 e. The first-order chi connectivity index (χ1) is 11.5. The third-order valence-corrected chi connectivity index (χ3v) is 3.81. The highest BCUT2D eigenvalue weighted by molar-refractivity contribution is 6.25. The minimum atomic E-state index is -0.366. The van der Waals surface area contributed by atoms with Crippen LogP contribution in [0.4, 0.5) is 0 Å². The maximum atomic E-state index is 12.7. The maximum absolute atomic E-state index is 12.7. The van der Waals surface area contributed by atoms with Gasteiger partial charge < -0.3 is 9.84 Å². The Morgan fingerprint density at radius 2 is 1.67 bits per heavy atom. The molecule has 0 aliphatic carbocycles. The molecule has 0 atom stereocenters. The summed E-state index contributed by atoms with van der Waals surface area (Å²) in [6, 6.07) is 10.8. The van der Waals surface area contributed by atoms with E-state index in [2.05, 4.69) is 0 Å². The molecule has 0 fully saturated rings. The first kappa shape index (κ1) is 17.7. The molecular weight excluding hydrogens is 304 g/mol. The summed E-state index contributed by atoms with van der Waals surface area (Å²) in [5.74, 6) is -0.283. The molecule has 0 aromatic heterocycles. The molecule has 0 aliphatic heterocycles. The Balaban J connectivity index is 2.40. The van der Waals surface area contributed by atoms with E-state index < -0.39 is 0 Å². The molecule has 0 aliphatic rings. The lowest BCUT2D eigenvalue weighted by molar-refractivity contribution is -0.144. The molecule has 0 saturated heterocycles. The number of aromatic hydroxyl groups is 1. The van der Waals surface area contributed by atoms with Gasteiger partial charge in [-0.25, -0.2) is 0 Å². The van der Waals surface area contributed by atoms with Crippen LogP contribution in [0.2, 0.25) is 0 Å². The molecule has 24 heavy (non-hydrogen) atoms. The third-order valence-electron chi connectivity index (χ3n) is 3.81. The number of hydrogen-bond acceptors (Lipinski definition) is 4. The van der Waals surface area contributed by atoms with Gasteiger partial charge in [-0.1, -0.05) is 29.8 Å². The van der Waals surface area contributed by atoms with Crippen molar-refractivity contribution in [2.75, 3.05) is 6.61 Å². The number of allylic oxidation sites excluding steroid dienone is 2. The van der Waals surface area contributed by atoms with Gasteiger partial charge in [0.2, 0.25) is 0 Å². The van der Waals surface area contributed by atoms with Crippen molar-refractivity contribution in [1.82, 2.24) is 0 Å². The lowest BCUT2D eigenvalue weighted by atomic mass is 9.91. The number of hydrogen-bond donors (Lipinski definition) is 1. The molecule has 0 radical (unpaired) electrons. The molecule has 2 aromatic carbocycles. The van der Waals surface area contributed by atoms with E-state index in [0.29, 0.717) is 17.6 Å². The van der Waals surface area contributed by atoms with Crippen molar-refractivity contribution in [2.24, 2.45) is 0 Å². The zero-order valence-electron chi connectivity index (χ0n) is 14.3. The second kappa shape index (κ2) is 7.77. The Labute approximate surface area is 141 Å². The van der Waals surface area contributed by atoms with E-state index in [4.69, 9.17) is 4.74 Å². The second-order valence-corrected chi connectivity index (χ2v) is 5.78. The number of fused-ring (bicyclic) bond motifs is 1. The first-order valence-corrected chi connectivity index (χ1v) is 8.03. The number of Topliss-reactive ketones (excluding diaryl/α,β-unsaturated/α-hetero) is 1. The van der Waals surface area contributed by atoms with Crippen molar-refractivity contribution >= 4 is 28.1 Å². The van der Waals surface area contributed by atoms with Gasteiger partial charge in [-0.3, -0.25) is 9.59 Å². The molecule has 1 N–H and O–H groups in total. The summed E-state index contributed by atoms with van der Waals surface area (Å²) < 4.78 is 4.88. The molecule has 4 heteroatoms. The van der Waals surface area contributed by atoms with E-state index in [1.807, 2.05) is 38.1 Å². The van der Waals surface area contributed by atoms with Crippen LogP contribution in [0, 0.1) is 0 Å². The van der Waals surface area contributed by atoms with E-state index in [1.54, 1.807) is 19.1 Å². The fourth-order valence-electron chi connectivity index (χ4n) is 2.77. The van der Waals surface area contributed by atoms with Crippen LogP contribution in [0.1, 0.15) is 39.2 Å². The predicted molar refractivity (Wildman–Crippen MR) is 94.8 cm³/mol. The number of ether oxygens (including phenoxy) is 1. The molecule has 2 rings (SSSR count). The highest BCUT2D eigenvalue weighted by Crippen LogP contribution is 2.33. The van der Waals surface area contributed by atoms with Gasteiger partial charge in [0, 0.05) is 17.4 Å². The molecular formula is C20H22O4. The number of carbonyl (C=O) groups is 2. The van der Waals surface area contributed by atoms with Crippen LogP contribution >= 0.6 is 0 Å². The van der Waals surface area contributed by atoms with Crippen LogP contribution < -0.4 is 0 Å². The van der Waals surface area contributed by atoms with Crippen LogP contribution in [0.3, 0.4) is 0 Å². The Morgan fingerprint density at radius 1 is 1.00 bits per heavy atom. The number of esters is 1. The van der Waals surface area contributed by atoms with E-state index in [1.165, 1.54) is 0 Å². The lowest BCUT2D eigenvalue weighted by Crippen LogP contribution is -2.10. The zero-order chi connectivity index (χ0) is 17.7. The Bertz CT molecular complexity index is 798. The number of rotatable bonds is 6. The standard InChI is InChI=1S/C20H22O4/c1-4-24-19(23)12-11-18(22)20(13(2)3)16-9-10-17(21)15-8-6-5-7-14(15)16/h5-10,21H,4,11-12H2,1-3H3. The molecule has 2 aromatic rings. The van der Waals surface area contributed by atoms with Crippen LogP contribution in [0.25, 0.3) is 16.3 Å². The molecule has 0 heterocycles. The van der Waals surface area contributed by atoms with Crippen molar-refractivity contribution < 1.29 is 19.4 Å². The predicted octanol–water partition coefficient (Wildman–Crippen LogP) is 4.25. The van der Waals surface area contributed by atoms with Gasteiger partial charge >= 0.3 is 5.97 Å². The fraction of sp³-hybridized carbons (Fsp3) is 0.300. The number of carbonyl (C=O) groups excluding carboxylic acids is 2. The first-order valence-electron chi connectivity index (χ1n) is 8.03. The Morgan fingerprint density at radius 3 is 2.29 bits per heavy atom. The second-order valence-electron chi connectivity index (χ2n) is 5.78. The van der Waals surface area contributed by atoms with Gasteiger partial charge in [-0.05, 0) is 43.9 Å². The van der Waals surface area contributed by atoms with Gasteiger partial charge in [0.15, 0.2) is 5.78 Å². The van der Waals surface area contributed by atoms with E-state index in [9.17, 15) is 14.7 Å². The summed E-state index contributed by atoms with van der Waals surface area (Å²) in [5, 5.41) is 11.5. The van der Waals surface area contributed by atoms with Crippen molar-refractivity contribution in [2.45, 2.75) is 33.6 Å². The summed E-state index contributed by atoms with van der Waals surface area (Å²) in [4.78, 5) is 24.2. The average Bonchev–Trinajstić information content (AvgIpc) is 2.55. The summed E-state index contributed by atoms with van der Waals surface area (Å²) in [7, 11) is 0. The number of benzene rings is 2. The average molecular weight is 326 g/mol. The minimum Gasteiger partial charge on any atom is -0.507 e. The van der Waals surface area contributed by atoms with Gasteiger partial charge in [0.1, 0.15) is 5.75 Å². The molecule has 126 valence electrons. The van der Waals surface area contributed by atoms with Crippen molar-refractivity contribution in [3.8, 4) is 5.75 Å². The summed E-state index contributed by atoms with van der Waals surface area (Å²) in [6.45, 7) is 5.80. The van der Waals surface area contributed by atoms with E-state index >= 15 is 0 Å². The normalized spacial score (nSPS) is 10.5. The largest absolute Gasteiger partial charge is 0.507 e. The van der Waals surface area contributed by atoms with Crippen molar-refractivity contribution in [3.05, 3.63) is 47.5 Å². The molecule has 0 unspecified atom stereocenters. The molecule has 0 saturated carbocycles. The molecule has 0 spiro atoms. The summed E-state index contributed by atoms with van der Waals surface area (Å²) in [6.07, 6.45) is 0.175. The fourth-order valence-corrected chi connectivity index (χ4v) is 2.77. The molecule has 0 bridgehead atoms. The highest BCUT2D eigenvalue weighted by atomic mass is 16.5. The smallest absolute Gasteiger partial charge is 0.306 e. The van der Waals surface area contributed by atoms with E-state index in [-0.39, 0.29) is 30.3 Å². The number of phenolic OH excluding ortho intramolecular Hbond substituents is 1. The van der Waals surface area contributed by atoms with E-state index in [0.717, 1.165) is 16.5 Å². The number of ketones is 1. The van der Waals surface area contributed by atoms with Gasteiger partial charge in [-0.15, -0.1) is 0 Å². The molecule has 0 amide bonds. The summed E-state index contributed by atoms with van der Waals surface area (Å²) in [5.41, 5.74) is 2.24. The Kier molecular flexibility index (Phi) is 5.74. The lowest BCUT2D eigenvalue weighted by Gasteiger charge is -2.13. The topological polar surface area (TPSA) is 63.6 Å². The van der Waals surface area contributed by atoms with Gasteiger partial charge in [-0.2, -0.15) is 0 Å². The minimum absolute atomic E-state index is 0.0689. The van der Waals surface area contributed by atoms with Crippen LogP contribution in [-0.2, 0) is 14.3 Å². The van der Waals surface area contributed by atoms with Crippen LogP contribution in [0.5, 0.6) is 5.75 Å². The van der Waals surface area contributed by atoms with Crippen LogP contribution in [0.15, 0.2) is 42.0 Å². The van der Waals surface area contributed by atoms with Crippen molar-refractivity contribution in [1.29, 1.82) is 0 Å². The van der Waals surface area contributed by atoms with Crippen molar-refractivity contribution in [3.63, 3.8) is 0 Å². The highest BCUT2D eigenvalue weighted by Gasteiger charge is 2.18. The van der Waals surface area contributed by atoms with Crippen LogP contribution in [-0.4, -0.2) is 23.5 Å². The SMILES string of the molecule is CCOC(=O)CCC(=O)C(=C(C)C)c1ccc(O)c2ccccc12. The third kappa shape index (κ3) is 3.82. The van der Waals surface area contributed by atoms with Gasteiger partial charge in [0.05, 0.1) is 13.0 Å². The summed E-state index contributed by atoms with van der Waals surface area (Å²) >= 11 is 0. The van der Waals surface area contributed by atoms with Gasteiger partial charge in [0.25, 0.3) is 0 Å². The number of phenols is 1. The Hall–Kier alpha value is -2.62. The zero-order valence-corrected chi connectivity index (χ0v) is 14.3. The quantitative estimate of drug-likeness (QED) is 0.636. The molecule has 4 nitrogen and oxygen atoms in total.